The van der Waals surface area contributed by atoms with E-state index in [9.17, 15) is 13.2 Å². The smallest absolute Gasteiger partial charge is 0.303 e. The molecule has 0 fully saturated rings. The lowest BCUT2D eigenvalue weighted by Crippen LogP contribution is -2.17. The van der Waals surface area contributed by atoms with Crippen molar-refractivity contribution in [3.05, 3.63) is 29.8 Å². The van der Waals surface area contributed by atoms with Crippen LogP contribution in [-0.2, 0) is 14.6 Å². The second kappa shape index (κ2) is 7.89. The van der Waals surface area contributed by atoms with Crippen LogP contribution in [0.4, 0.5) is 0 Å². The summed E-state index contributed by atoms with van der Waals surface area (Å²) in [7, 11) is -3.18. The summed E-state index contributed by atoms with van der Waals surface area (Å²) in [6, 6.07) is 7.42. The number of carboxylic acid groups (broad SMARTS) is 1. The third kappa shape index (κ3) is 7.13. The quantitative estimate of drug-likeness (QED) is 0.706. The highest BCUT2D eigenvalue weighted by atomic mass is 32.2. The monoisotopic (exact) mass is 300 g/mol. The molecule has 112 valence electrons. The van der Waals surface area contributed by atoms with E-state index in [4.69, 9.17) is 9.84 Å². The fraction of sp³-hybridized carbons (Fsp3) is 0.500. The maximum atomic E-state index is 11.7. The zero-order valence-corrected chi connectivity index (χ0v) is 12.4. The van der Waals surface area contributed by atoms with Crippen LogP contribution >= 0.6 is 0 Å². The Morgan fingerprint density at radius 3 is 2.65 bits per heavy atom. The zero-order valence-electron chi connectivity index (χ0n) is 11.5. The van der Waals surface area contributed by atoms with Gasteiger partial charge in [-0.15, -0.1) is 0 Å². The molecular formula is C14H20O5S. The molecular weight excluding hydrogens is 280 g/mol. The van der Waals surface area contributed by atoms with Crippen LogP contribution in [-0.4, -0.2) is 37.6 Å². The average Bonchev–Trinajstić information content (AvgIpc) is 2.34. The summed E-state index contributed by atoms with van der Waals surface area (Å²) in [6.07, 6.45) is 0.766. The molecule has 0 amide bonds. The van der Waals surface area contributed by atoms with Crippen LogP contribution in [0, 0.1) is 6.92 Å². The van der Waals surface area contributed by atoms with E-state index in [-0.39, 0.29) is 24.5 Å². The highest BCUT2D eigenvalue weighted by Gasteiger charge is 2.11. The molecule has 0 atom stereocenters. The van der Waals surface area contributed by atoms with Crippen molar-refractivity contribution >= 4 is 15.8 Å². The minimum atomic E-state index is -3.18. The summed E-state index contributed by atoms with van der Waals surface area (Å²) >= 11 is 0. The second-order valence-electron chi connectivity index (χ2n) is 4.67. The van der Waals surface area contributed by atoms with Crippen LogP contribution in [0.1, 0.15) is 24.8 Å². The zero-order chi connectivity index (χ0) is 15.0. The van der Waals surface area contributed by atoms with Crippen molar-refractivity contribution in [3.8, 4) is 5.75 Å². The Kier molecular flexibility index (Phi) is 6.51. The Balaban J connectivity index is 2.27. The number of sulfone groups is 1. The van der Waals surface area contributed by atoms with Crippen molar-refractivity contribution in [2.75, 3.05) is 18.1 Å². The minimum Gasteiger partial charge on any atom is -0.493 e. The van der Waals surface area contributed by atoms with Gasteiger partial charge in [-0.3, -0.25) is 4.79 Å². The Morgan fingerprint density at radius 1 is 1.25 bits per heavy atom. The third-order valence-corrected chi connectivity index (χ3v) is 4.45. The predicted molar refractivity (Wildman–Crippen MR) is 76.8 cm³/mol. The summed E-state index contributed by atoms with van der Waals surface area (Å²) in [5.41, 5.74) is 1.05. The highest BCUT2D eigenvalue weighted by Crippen LogP contribution is 2.12. The molecule has 1 aromatic rings. The van der Waals surface area contributed by atoms with Gasteiger partial charge in [0.2, 0.25) is 0 Å². The normalized spacial score (nSPS) is 11.2. The van der Waals surface area contributed by atoms with Crippen molar-refractivity contribution in [1.29, 1.82) is 0 Å². The molecule has 0 saturated carbocycles. The summed E-state index contributed by atoms with van der Waals surface area (Å²) in [5.74, 6) is -0.276. The molecule has 1 aromatic carbocycles. The lowest BCUT2D eigenvalue weighted by Gasteiger charge is -2.07. The Bertz CT molecular complexity index is 536. The van der Waals surface area contributed by atoms with E-state index >= 15 is 0 Å². The lowest BCUT2D eigenvalue weighted by molar-refractivity contribution is -0.137. The topological polar surface area (TPSA) is 80.7 Å². The van der Waals surface area contributed by atoms with Crippen LogP contribution in [0.2, 0.25) is 0 Å². The predicted octanol–water partition coefficient (Wildman–Crippen LogP) is 2.04. The van der Waals surface area contributed by atoms with Crippen LogP contribution in [0.25, 0.3) is 0 Å². The van der Waals surface area contributed by atoms with Gasteiger partial charge in [0.1, 0.15) is 12.4 Å². The van der Waals surface area contributed by atoms with Crippen molar-refractivity contribution in [2.24, 2.45) is 0 Å². The minimum absolute atomic E-state index is 0.00924. The number of benzene rings is 1. The van der Waals surface area contributed by atoms with Gasteiger partial charge in [-0.2, -0.15) is 0 Å². The van der Waals surface area contributed by atoms with Crippen molar-refractivity contribution in [2.45, 2.75) is 26.2 Å². The van der Waals surface area contributed by atoms with Gasteiger partial charge in [-0.25, -0.2) is 8.42 Å². The molecule has 0 spiro atoms. The Hall–Kier alpha value is -1.56. The first-order valence-electron chi connectivity index (χ1n) is 6.51. The molecule has 5 nitrogen and oxygen atoms in total. The molecule has 0 aromatic heterocycles. The van der Waals surface area contributed by atoms with Crippen molar-refractivity contribution in [3.63, 3.8) is 0 Å². The number of ether oxygens (including phenoxy) is 1. The molecule has 0 aliphatic heterocycles. The SMILES string of the molecule is Cc1cccc(OCCS(=O)(=O)CCCCC(=O)O)c1. The molecule has 0 aliphatic rings. The molecule has 1 rings (SSSR count). The van der Waals surface area contributed by atoms with Crippen LogP contribution in [0.3, 0.4) is 0 Å². The molecule has 20 heavy (non-hydrogen) atoms. The average molecular weight is 300 g/mol. The Labute approximate surface area is 119 Å². The number of aryl methyl sites for hydroxylation is 1. The molecule has 0 bridgehead atoms. The van der Waals surface area contributed by atoms with E-state index in [2.05, 4.69) is 0 Å². The van der Waals surface area contributed by atoms with Crippen LogP contribution in [0.5, 0.6) is 5.75 Å². The van der Waals surface area contributed by atoms with Crippen molar-refractivity contribution in [1.82, 2.24) is 0 Å². The van der Waals surface area contributed by atoms with Gasteiger partial charge < -0.3 is 9.84 Å². The lowest BCUT2D eigenvalue weighted by atomic mass is 10.2. The second-order valence-corrected chi connectivity index (χ2v) is 6.97. The van der Waals surface area contributed by atoms with E-state index in [1.807, 2.05) is 25.1 Å². The van der Waals surface area contributed by atoms with Gasteiger partial charge in [0, 0.05) is 6.42 Å². The largest absolute Gasteiger partial charge is 0.493 e. The maximum Gasteiger partial charge on any atom is 0.303 e. The van der Waals surface area contributed by atoms with Crippen LogP contribution < -0.4 is 4.74 Å². The van der Waals surface area contributed by atoms with E-state index < -0.39 is 15.8 Å². The van der Waals surface area contributed by atoms with Gasteiger partial charge in [0.15, 0.2) is 9.84 Å². The van der Waals surface area contributed by atoms with Crippen molar-refractivity contribution < 1.29 is 23.1 Å². The first-order valence-corrected chi connectivity index (χ1v) is 8.33. The van der Waals surface area contributed by atoms with Crippen LogP contribution in [0.15, 0.2) is 24.3 Å². The summed E-state index contributed by atoms with van der Waals surface area (Å²) in [6.45, 7) is 2.05. The van der Waals surface area contributed by atoms with E-state index in [0.29, 0.717) is 18.6 Å². The van der Waals surface area contributed by atoms with E-state index in [1.165, 1.54) is 0 Å². The van der Waals surface area contributed by atoms with E-state index in [1.54, 1.807) is 6.07 Å². The number of carboxylic acids is 1. The summed E-state index contributed by atoms with van der Waals surface area (Å²) in [5, 5.41) is 8.46. The molecule has 1 N–H and O–H groups in total. The number of hydrogen-bond acceptors (Lipinski definition) is 4. The van der Waals surface area contributed by atoms with E-state index in [0.717, 1.165) is 5.56 Å². The van der Waals surface area contributed by atoms with Gasteiger partial charge in [-0.05, 0) is 37.5 Å². The summed E-state index contributed by atoms with van der Waals surface area (Å²) < 4.78 is 28.8. The molecule has 0 aliphatic carbocycles. The Morgan fingerprint density at radius 2 is 2.00 bits per heavy atom. The summed E-state index contributed by atoms with van der Waals surface area (Å²) in [4.78, 5) is 10.3. The first kappa shape index (κ1) is 16.5. The number of carbonyl (C=O) groups is 1. The first-order chi connectivity index (χ1) is 9.39. The molecule has 0 unspecified atom stereocenters. The van der Waals surface area contributed by atoms with Gasteiger partial charge >= 0.3 is 5.97 Å². The van der Waals surface area contributed by atoms with Gasteiger partial charge in [0.05, 0.1) is 11.5 Å². The van der Waals surface area contributed by atoms with Gasteiger partial charge in [-0.1, -0.05) is 12.1 Å². The highest BCUT2D eigenvalue weighted by molar-refractivity contribution is 7.91. The standard InChI is InChI=1S/C14H20O5S/c1-12-5-4-6-13(11-12)19-8-10-20(17,18)9-3-2-7-14(15)16/h4-6,11H,2-3,7-10H2,1H3,(H,15,16). The number of rotatable bonds is 9. The molecule has 0 radical (unpaired) electrons. The molecule has 0 saturated heterocycles. The number of unbranched alkanes of at least 4 members (excludes halogenated alkanes) is 1. The number of hydrogen-bond donors (Lipinski definition) is 1. The fourth-order valence-electron chi connectivity index (χ4n) is 1.69. The fourth-order valence-corrected chi connectivity index (χ4v) is 2.88. The maximum absolute atomic E-state index is 11.7. The molecule has 0 heterocycles. The van der Waals surface area contributed by atoms with Gasteiger partial charge in [0.25, 0.3) is 0 Å². The number of aliphatic carboxylic acids is 1. The third-order valence-electron chi connectivity index (χ3n) is 2.75. The molecule has 6 heteroatoms.